The molecule has 21 heavy (non-hydrogen) atoms. The number of aromatic nitrogens is 4. The fourth-order valence-electron chi connectivity index (χ4n) is 3.32. The van der Waals surface area contributed by atoms with Gasteiger partial charge in [0.25, 0.3) is 0 Å². The van der Waals surface area contributed by atoms with Crippen LogP contribution in [0.1, 0.15) is 37.7 Å². The fraction of sp³-hybridized carbons (Fsp3) is 0.733. The van der Waals surface area contributed by atoms with Gasteiger partial charge in [0.2, 0.25) is 0 Å². The molecule has 6 heteroatoms. The zero-order valence-corrected chi connectivity index (χ0v) is 13.7. The monoisotopic (exact) mass is 309 g/mol. The van der Waals surface area contributed by atoms with Gasteiger partial charge in [0.05, 0.1) is 11.6 Å². The maximum absolute atomic E-state index is 6.09. The molecule has 0 radical (unpaired) electrons. The summed E-state index contributed by atoms with van der Waals surface area (Å²) >= 11 is 6.09. The number of imidazole rings is 1. The normalized spacial score (nSPS) is 16.3. The first-order valence-corrected chi connectivity index (χ1v) is 8.47. The standard InChI is InChI=1S/C15H24ClN5/c1-3-12-14-15(19(2)18-12)21(13(11-16)17-14)10-6-9-20-7-4-5-8-20/h3-11H2,1-2H3. The zero-order valence-electron chi connectivity index (χ0n) is 13.0. The summed E-state index contributed by atoms with van der Waals surface area (Å²) in [6, 6.07) is 0. The van der Waals surface area contributed by atoms with Crippen LogP contribution in [0.5, 0.6) is 0 Å². The van der Waals surface area contributed by atoms with E-state index in [0.29, 0.717) is 5.88 Å². The Morgan fingerprint density at radius 1 is 1.19 bits per heavy atom. The Bertz CT molecular complexity index is 609. The van der Waals surface area contributed by atoms with Gasteiger partial charge in [-0.2, -0.15) is 5.10 Å². The van der Waals surface area contributed by atoms with Crippen molar-refractivity contribution in [3.63, 3.8) is 0 Å². The van der Waals surface area contributed by atoms with E-state index in [1.54, 1.807) is 0 Å². The van der Waals surface area contributed by atoms with Crippen LogP contribution in [-0.4, -0.2) is 43.9 Å². The van der Waals surface area contributed by atoms with Gasteiger partial charge in [0, 0.05) is 13.6 Å². The van der Waals surface area contributed by atoms with E-state index in [9.17, 15) is 0 Å². The largest absolute Gasteiger partial charge is 0.312 e. The number of alkyl halides is 1. The summed E-state index contributed by atoms with van der Waals surface area (Å²) in [5, 5.41) is 4.57. The molecule has 0 aliphatic carbocycles. The van der Waals surface area contributed by atoms with Crippen molar-refractivity contribution >= 4 is 22.8 Å². The maximum Gasteiger partial charge on any atom is 0.158 e. The SMILES string of the molecule is CCc1nn(C)c2c1nc(CCl)n2CCCN1CCCC1. The molecule has 2 aromatic heterocycles. The van der Waals surface area contributed by atoms with Gasteiger partial charge in [-0.1, -0.05) is 6.92 Å². The van der Waals surface area contributed by atoms with Crippen LogP contribution in [0.15, 0.2) is 0 Å². The van der Waals surface area contributed by atoms with Gasteiger partial charge in [-0.25, -0.2) is 4.98 Å². The van der Waals surface area contributed by atoms with E-state index in [4.69, 9.17) is 16.6 Å². The van der Waals surface area contributed by atoms with Crippen molar-refractivity contribution in [3.8, 4) is 0 Å². The lowest BCUT2D eigenvalue weighted by atomic mass is 10.3. The van der Waals surface area contributed by atoms with Crippen molar-refractivity contribution in [1.29, 1.82) is 0 Å². The van der Waals surface area contributed by atoms with E-state index in [0.717, 1.165) is 42.1 Å². The van der Waals surface area contributed by atoms with Crippen LogP contribution in [0.2, 0.25) is 0 Å². The Balaban J connectivity index is 1.80. The number of likely N-dealkylation sites (tertiary alicyclic amines) is 1. The van der Waals surface area contributed by atoms with E-state index in [1.165, 1.54) is 32.5 Å². The van der Waals surface area contributed by atoms with Crippen LogP contribution in [0.3, 0.4) is 0 Å². The van der Waals surface area contributed by atoms with Crippen LogP contribution in [0, 0.1) is 0 Å². The molecule has 0 saturated carbocycles. The molecule has 0 amide bonds. The topological polar surface area (TPSA) is 38.9 Å². The van der Waals surface area contributed by atoms with Gasteiger partial charge in [-0.05, 0) is 45.3 Å². The van der Waals surface area contributed by atoms with Crippen molar-refractivity contribution < 1.29 is 0 Å². The van der Waals surface area contributed by atoms with Crippen molar-refractivity contribution in [3.05, 3.63) is 11.5 Å². The Labute approximate surface area is 130 Å². The van der Waals surface area contributed by atoms with E-state index < -0.39 is 0 Å². The number of hydrogen-bond donors (Lipinski definition) is 0. The molecule has 2 aromatic rings. The van der Waals surface area contributed by atoms with E-state index >= 15 is 0 Å². The molecule has 3 heterocycles. The quantitative estimate of drug-likeness (QED) is 0.770. The zero-order chi connectivity index (χ0) is 14.8. The van der Waals surface area contributed by atoms with Gasteiger partial charge in [0.1, 0.15) is 11.3 Å². The van der Waals surface area contributed by atoms with Crippen LogP contribution < -0.4 is 0 Å². The number of nitrogens with zero attached hydrogens (tertiary/aromatic N) is 5. The third-order valence-corrected chi connectivity index (χ3v) is 4.62. The molecule has 0 bridgehead atoms. The second kappa shape index (κ2) is 6.36. The number of halogens is 1. The summed E-state index contributed by atoms with van der Waals surface area (Å²) in [6.07, 6.45) is 4.75. The lowest BCUT2D eigenvalue weighted by molar-refractivity contribution is 0.325. The molecule has 3 rings (SSSR count). The molecule has 0 unspecified atom stereocenters. The third-order valence-electron chi connectivity index (χ3n) is 4.38. The first-order chi connectivity index (χ1) is 10.2. The average molecular weight is 310 g/mol. The highest BCUT2D eigenvalue weighted by Gasteiger charge is 2.18. The Kier molecular flexibility index (Phi) is 4.50. The molecule has 1 fully saturated rings. The molecule has 1 aliphatic rings. The Morgan fingerprint density at radius 2 is 1.95 bits per heavy atom. The Hall–Kier alpha value is -1.07. The predicted molar refractivity (Wildman–Crippen MR) is 85.7 cm³/mol. The molecule has 116 valence electrons. The second-order valence-electron chi connectivity index (χ2n) is 5.81. The van der Waals surface area contributed by atoms with Crippen molar-refractivity contribution in [2.24, 2.45) is 7.05 Å². The minimum atomic E-state index is 0.460. The maximum atomic E-state index is 6.09. The smallest absolute Gasteiger partial charge is 0.158 e. The number of hydrogen-bond acceptors (Lipinski definition) is 3. The molecule has 5 nitrogen and oxygen atoms in total. The number of fused-ring (bicyclic) bond motifs is 1. The highest BCUT2D eigenvalue weighted by molar-refractivity contribution is 6.16. The molecule has 0 N–H and O–H groups in total. The van der Waals surface area contributed by atoms with E-state index in [-0.39, 0.29) is 0 Å². The summed E-state index contributed by atoms with van der Waals surface area (Å²) in [6.45, 7) is 6.77. The van der Waals surface area contributed by atoms with Gasteiger partial charge in [0.15, 0.2) is 5.65 Å². The van der Waals surface area contributed by atoms with Gasteiger partial charge in [-0.15, -0.1) is 11.6 Å². The minimum Gasteiger partial charge on any atom is -0.312 e. The summed E-state index contributed by atoms with van der Waals surface area (Å²) in [7, 11) is 2.00. The lowest BCUT2D eigenvalue weighted by Crippen LogP contribution is -2.22. The summed E-state index contributed by atoms with van der Waals surface area (Å²) in [5.74, 6) is 1.43. The lowest BCUT2D eigenvalue weighted by Gasteiger charge is -2.15. The summed E-state index contributed by atoms with van der Waals surface area (Å²) in [4.78, 5) is 7.26. The highest BCUT2D eigenvalue weighted by atomic mass is 35.5. The van der Waals surface area contributed by atoms with Crippen molar-refractivity contribution in [1.82, 2.24) is 24.2 Å². The van der Waals surface area contributed by atoms with E-state index in [2.05, 4.69) is 21.5 Å². The molecular formula is C15H24ClN5. The van der Waals surface area contributed by atoms with E-state index in [1.807, 2.05) is 11.7 Å². The molecule has 1 saturated heterocycles. The molecule has 0 aromatic carbocycles. The second-order valence-corrected chi connectivity index (χ2v) is 6.08. The van der Waals surface area contributed by atoms with Gasteiger partial charge >= 0.3 is 0 Å². The molecule has 0 atom stereocenters. The van der Waals surface area contributed by atoms with Gasteiger partial charge in [-0.3, -0.25) is 4.68 Å². The first-order valence-electron chi connectivity index (χ1n) is 7.94. The molecule has 0 spiro atoms. The Morgan fingerprint density at radius 3 is 2.62 bits per heavy atom. The molecule has 1 aliphatic heterocycles. The van der Waals surface area contributed by atoms with Crippen LogP contribution in [0.25, 0.3) is 11.2 Å². The average Bonchev–Trinajstić information content (AvgIpc) is 3.17. The summed E-state index contributed by atoms with van der Waals surface area (Å²) in [5.41, 5.74) is 3.21. The third kappa shape index (κ3) is 2.81. The van der Waals surface area contributed by atoms with Crippen LogP contribution >= 0.6 is 11.6 Å². The predicted octanol–water partition coefficient (Wildman–Crippen LogP) is 2.56. The van der Waals surface area contributed by atoms with Crippen LogP contribution in [-0.2, 0) is 25.9 Å². The van der Waals surface area contributed by atoms with Gasteiger partial charge < -0.3 is 9.47 Å². The summed E-state index contributed by atoms with van der Waals surface area (Å²) < 4.78 is 4.21. The van der Waals surface area contributed by atoms with Crippen molar-refractivity contribution in [2.75, 3.05) is 19.6 Å². The number of rotatable bonds is 6. The molecular weight excluding hydrogens is 286 g/mol. The minimum absolute atomic E-state index is 0.460. The fourth-order valence-corrected chi connectivity index (χ4v) is 3.52. The highest BCUT2D eigenvalue weighted by Crippen LogP contribution is 2.21. The van der Waals surface area contributed by atoms with Crippen molar-refractivity contribution in [2.45, 2.75) is 45.0 Å². The number of aryl methyl sites for hydroxylation is 3. The first kappa shape index (κ1) is 14.9. The van der Waals surface area contributed by atoms with Crippen LogP contribution in [0.4, 0.5) is 0 Å².